The summed E-state index contributed by atoms with van der Waals surface area (Å²) in [4.78, 5) is 0. The first-order chi connectivity index (χ1) is 18.1. The van der Waals surface area contributed by atoms with Gasteiger partial charge in [-0.3, -0.25) is 0 Å². The highest BCUT2D eigenvalue weighted by atomic mass is 16.7. The van der Waals surface area contributed by atoms with Gasteiger partial charge < -0.3 is 18.9 Å². The molecule has 2 atom stereocenters. The van der Waals surface area contributed by atoms with Crippen LogP contribution in [0.2, 0.25) is 0 Å². The van der Waals surface area contributed by atoms with Crippen molar-refractivity contribution in [3.63, 3.8) is 0 Å². The Morgan fingerprint density at radius 3 is 1.35 bits per heavy atom. The fourth-order valence-electron chi connectivity index (χ4n) is 5.09. The first kappa shape index (κ1) is 29.8. The van der Waals surface area contributed by atoms with Crippen LogP contribution in [-0.2, 0) is 32.2 Å². The topological polar surface area (TPSA) is 36.9 Å². The highest BCUT2D eigenvalue weighted by Gasteiger charge is 2.40. The average molecular weight is 511 g/mol. The molecule has 2 aromatic carbocycles. The van der Waals surface area contributed by atoms with E-state index in [0.717, 1.165) is 45.5 Å². The minimum atomic E-state index is -0.444. The summed E-state index contributed by atoms with van der Waals surface area (Å²) in [6.07, 6.45) is 15.0. The lowest BCUT2D eigenvalue weighted by Gasteiger charge is -2.16. The van der Waals surface area contributed by atoms with Crippen molar-refractivity contribution in [3.05, 3.63) is 71.8 Å². The molecule has 0 amide bonds. The van der Waals surface area contributed by atoms with Crippen LogP contribution in [-0.4, -0.2) is 31.2 Å². The highest BCUT2D eigenvalue weighted by Crippen LogP contribution is 2.33. The van der Waals surface area contributed by atoms with Crippen molar-refractivity contribution >= 4 is 0 Å². The molecule has 0 saturated carbocycles. The third-order valence-electron chi connectivity index (χ3n) is 7.06. The fourth-order valence-corrected chi connectivity index (χ4v) is 5.09. The van der Waals surface area contributed by atoms with Gasteiger partial charge in [-0.15, -0.1) is 0 Å². The lowest BCUT2D eigenvalue weighted by atomic mass is 10.00. The van der Waals surface area contributed by atoms with E-state index in [1.165, 1.54) is 62.5 Å². The van der Waals surface area contributed by atoms with Gasteiger partial charge in [0.1, 0.15) is 0 Å². The molecule has 3 rings (SSSR count). The molecule has 1 fully saturated rings. The van der Waals surface area contributed by atoms with E-state index in [4.69, 9.17) is 18.9 Å². The van der Waals surface area contributed by atoms with Crippen LogP contribution in [0.3, 0.4) is 0 Å². The Bertz CT molecular complexity index is 808. The molecule has 0 bridgehead atoms. The van der Waals surface area contributed by atoms with Gasteiger partial charge in [-0.1, -0.05) is 112 Å². The molecule has 1 aliphatic heterocycles. The summed E-state index contributed by atoms with van der Waals surface area (Å²) in [6.45, 7) is 7.26. The van der Waals surface area contributed by atoms with E-state index in [2.05, 4.69) is 62.4 Å². The quantitative estimate of drug-likeness (QED) is 0.167. The van der Waals surface area contributed by atoms with Crippen LogP contribution in [0, 0.1) is 0 Å². The van der Waals surface area contributed by atoms with Gasteiger partial charge in [0.25, 0.3) is 0 Å². The van der Waals surface area contributed by atoms with Crippen molar-refractivity contribution in [2.45, 2.75) is 122 Å². The molecular weight excluding hydrogens is 460 g/mol. The van der Waals surface area contributed by atoms with Gasteiger partial charge in [0.2, 0.25) is 0 Å². The Balaban J connectivity index is 1.15. The number of hydrogen-bond acceptors (Lipinski definition) is 4. The number of ether oxygens (including phenoxy) is 4. The maximum Gasteiger partial charge on any atom is 0.163 e. The van der Waals surface area contributed by atoms with Gasteiger partial charge in [0, 0.05) is 13.2 Å². The third-order valence-corrected chi connectivity index (χ3v) is 7.06. The van der Waals surface area contributed by atoms with Gasteiger partial charge in [0.05, 0.1) is 25.4 Å². The zero-order valence-corrected chi connectivity index (χ0v) is 23.4. The second kappa shape index (κ2) is 17.7. The highest BCUT2D eigenvalue weighted by molar-refractivity contribution is 5.14. The Labute approximate surface area is 226 Å². The van der Waals surface area contributed by atoms with Crippen molar-refractivity contribution in [2.75, 3.05) is 13.2 Å². The normalized spacial score (nSPS) is 18.9. The molecule has 1 heterocycles. The predicted octanol–water partition coefficient (Wildman–Crippen LogP) is 8.62. The van der Waals surface area contributed by atoms with Crippen LogP contribution in [0.1, 0.15) is 102 Å². The third kappa shape index (κ3) is 13.1. The summed E-state index contributed by atoms with van der Waals surface area (Å²) >= 11 is 0. The van der Waals surface area contributed by atoms with Crippen molar-refractivity contribution in [1.82, 2.24) is 0 Å². The fraction of sp³-hybridized carbons (Fsp3) is 0.636. The molecule has 4 nitrogen and oxygen atoms in total. The summed E-state index contributed by atoms with van der Waals surface area (Å²) in [7, 11) is 0. The Morgan fingerprint density at radius 1 is 0.541 bits per heavy atom. The monoisotopic (exact) mass is 510 g/mol. The van der Waals surface area contributed by atoms with Crippen molar-refractivity contribution in [3.8, 4) is 0 Å². The van der Waals surface area contributed by atoms with Crippen LogP contribution < -0.4 is 0 Å². The Hall–Kier alpha value is -1.72. The number of unbranched alkanes of at least 4 members (excludes halogenated alkanes) is 8. The summed E-state index contributed by atoms with van der Waals surface area (Å²) in [5, 5.41) is 0. The van der Waals surface area contributed by atoms with Crippen LogP contribution in [0.15, 0.2) is 60.7 Å². The molecule has 206 valence electrons. The number of benzene rings is 2. The van der Waals surface area contributed by atoms with Crippen LogP contribution in [0.25, 0.3) is 0 Å². The molecule has 0 spiro atoms. The van der Waals surface area contributed by atoms with Crippen molar-refractivity contribution in [2.24, 2.45) is 0 Å². The Morgan fingerprint density at radius 2 is 0.919 bits per heavy atom. The second-order valence-corrected chi connectivity index (χ2v) is 10.9. The number of rotatable bonds is 20. The van der Waals surface area contributed by atoms with Gasteiger partial charge in [-0.05, 0) is 50.7 Å². The molecule has 0 N–H and O–H groups in total. The molecule has 1 saturated heterocycles. The summed E-state index contributed by atoms with van der Waals surface area (Å²) in [5.74, 6) is -0.444. The molecule has 0 aromatic heterocycles. The summed E-state index contributed by atoms with van der Waals surface area (Å²) < 4.78 is 24.1. The first-order valence-corrected chi connectivity index (χ1v) is 14.7. The molecule has 0 radical (unpaired) electrons. The molecule has 0 aliphatic carbocycles. The standard InChI is InChI=1S/C33H50O4/c1-33(2)36-31(23-15-5-3-4-7-17-25-34-27-29-19-11-9-12-20-29)32(37-33)24-16-6-8-18-26-35-28-30-21-13-10-14-22-30/h9-14,19-22,31-32H,3-8,15-18,23-28H2,1-2H3/t31-,32-/m1/s1. The van der Waals surface area contributed by atoms with E-state index >= 15 is 0 Å². The molecule has 37 heavy (non-hydrogen) atoms. The molecular formula is C33H50O4. The lowest BCUT2D eigenvalue weighted by molar-refractivity contribution is -0.147. The number of hydrogen-bond donors (Lipinski definition) is 0. The largest absolute Gasteiger partial charge is 0.377 e. The van der Waals surface area contributed by atoms with E-state index in [1.54, 1.807) is 0 Å². The first-order valence-electron chi connectivity index (χ1n) is 14.7. The maximum atomic E-state index is 6.26. The lowest BCUT2D eigenvalue weighted by Crippen LogP contribution is -2.22. The van der Waals surface area contributed by atoms with E-state index in [1.807, 2.05) is 12.1 Å². The second-order valence-electron chi connectivity index (χ2n) is 10.9. The molecule has 0 unspecified atom stereocenters. The summed E-state index contributed by atoms with van der Waals surface area (Å²) in [6, 6.07) is 20.8. The zero-order chi connectivity index (χ0) is 26.0. The van der Waals surface area contributed by atoms with E-state index in [9.17, 15) is 0 Å². The van der Waals surface area contributed by atoms with E-state index in [-0.39, 0.29) is 12.2 Å². The minimum Gasteiger partial charge on any atom is -0.377 e. The zero-order valence-electron chi connectivity index (χ0n) is 23.4. The van der Waals surface area contributed by atoms with Crippen LogP contribution >= 0.6 is 0 Å². The van der Waals surface area contributed by atoms with Crippen LogP contribution in [0.5, 0.6) is 0 Å². The summed E-state index contributed by atoms with van der Waals surface area (Å²) in [5.41, 5.74) is 2.50. The molecule has 1 aliphatic rings. The minimum absolute atomic E-state index is 0.242. The average Bonchev–Trinajstić information content (AvgIpc) is 3.21. The molecule has 2 aromatic rings. The van der Waals surface area contributed by atoms with Gasteiger partial charge in [-0.25, -0.2) is 0 Å². The van der Waals surface area contributed by atoms with Gasteiger partial charge >= 0.3 is 0 Å². The van der Waals surface area contributed by atoms with E-state index in [0.29, 0.717) is 6.61 Å². The van der Waals surface area contributed by atoms with E-state index < -0.39 is 5.79 Å². The smallest absolute Gasteiger partial charge is 0.163 e. The van der Waals surface area contributed by atoms with Crippen molar-refractivity contribution < 1.29 is 18.9 Å². The predicted molar refractivity (Wildman–Crippen MR) is 151 cm³/mol. The maximum absolute atomic E-state index is 6.26. The Kier molecular flexibility index (Phi) is 14.3. The van der Waals surface area contributed by atoms with Crippen molar-refractivity contribution in [1.29, 1.82) is 0 Å². The van der Waals surface area contributed by atoms with Crippen LogP contribution in [0.4, 0.5) is 0 Å². The SMILES string of the molecule is CC1(C)O[C@H](CCCCCCCCOCc2ccccc2)[C@@H](CCCCCCOCc2ccccc2)O1. The van der Waals surface area contributed by atoms with Gasteiger partial charge in [-0.2, -0.15) is 0 Å². The van der Waals surface area contributed by atoms with Gasteiger partial charge in [0.15, 0.2) is 5.79 Å². The molecule has 4 heteroatoms.